The molecule has 4 N–H and O–H groups in total. The van der Waals surface area contributed by atoms with Crippen LogP contribution in [0.15, 0.2) is 30.6 Å². The van der Waals surface area contributed by atoms with E-state index in [4.69, 9.17) is 4.74 Å². The van der Waals surface area contributed by atoms with Gasteiger partial charge in [-0.05, 0) is 25.0 Å². The van der Waals surface area contributed by atoms with E-state index in [1.165, 1.54) is 13.3 Å². The van der Waals surface area contributed by atoms with Crippen molar-refractivity contribution in [2.75, 3.05) is 24.8 Å². The molecule has 0 aliphatic heterocycles. The second-order valence-electron chi connectivity index (χ2n) is 6.48. The molecular formula is C18H21N7O3. The first-order valence-corrected chi connectivity index (χ1v) is 8.92. The number of hydrogen-bond acceptors (Lipinski definition) is 8. The number of carbonyl (C=O) groups is 1. The maximum absolute atomic E-state index is 12.7. The molecule has 0 unspecified atom stereocenters. The van der Waals surface area contributed by atoms with Gasteiger partial charge in [0, 0.05) is 19.3 Å². The first-order chi connectivity index (χ1) is 13.6. The maximum atomic E-state index is 12.7. The number of ether oxygens (including phenoxy) is 1. The van der Waals surface area contributed by atoms with Crippen LogP contribution in [0.4, 0.5) is 17.3 Å². The van der Waals surface area contributed by atoms with Crippen molar-refractivity contribution < 1.29 is 14.6 Å². The molecule has 10 nitrogen and oxygen atoms in total. The molecule has 28 heavy (non-hydrogen) atoms. The topological polar surface area (TPSA) is 126 Å². The van der Waals surface area contributed by atoms with Crippen LogP contribution in [0.5, 0.6) is 5.88 Å². The van der Waals surface area contributed by atoms with Gasteiger partial charge in [-0.15, -0.1) is 0 Å². The molecule has 0 radical (unpaired) electrons. The molecule has 0 bridgehead atoms. The lowest BCUT2D eigenvalue weighted by molar-refractivity contribution is 0.0448. The molecule has 1 aliphatic rings. The zero-order chi connectivity index (χ0) is 19.7. The summed E-state index contributed by atoms with van der Waals surface area (Å²) in [5.41, 5.74) is 1.37. The van der Waals surface area contributed by atoms with Gasteiger partial charge in [0.25, 0.3) is 5.91 Å². The normalized spacial score (nSPS) is 18.4. The number of amides is 1. The Morgan fingerprint density at radius 3 is 2.93 bits per heavy atom. The summed E-state index contributed by atoms with van der Waals surface area (Å²) >= 11 is 0. The van der Waals surface area contributed by atoms with Crippen molar-refractivity contribution in [1.29, 1.82) is 0 Å². The second kappa shape index (κ2) is 7.31. The zero-order valence-corrected chi connectivity index (χ0v) is 15.5. The highest BCUT2D eigenvalue weighted by Crippen LogP contribution is 2.27. The number of fused-ring (bicyclic) bond motifs is 1. The Kier molecular flexibility index (Phi) is 4.70. The smallest absolute Gasteiger partial charge is 0.257 e. The summed E-state index contributed by atoms with van der Waals surface area (Å²) in [6.07, 6.45) is 4.06. The number of hydrogen-bond donors (Lipinski definition) is 4. The Morgan fingerprint density at radius 2 is 2.25 bits per heavy atom. The lowest BCUT2D eigenvalue weighted by Gasteiger charge is -2.32. The standard InChI is InChI=1S/C18H21N7O3/c1-19-15-8-14(22-12-4-3-7-20-18(12)28-2)24-16-10(9-21-25(15)16)17(27)23-11-5-6-13(11)26/h3-4,7-9,11,13,19,26H,5-6H2,1-2H3,(H,22,24)(H,23,27)/t11-,13+/m1/s1. The van der Waals surface area contributed by atoms with E-state index >= 15 is 0 Å². The van der Waals surface area contributed by atoms with Gasteiger partial charge >= 0.3 is 0 Å². The Hall–Kier alpha value is -3.40. The van der Waals surface area contributed by atoms with E-state index in [0.717, 1.165) is 6.42 Å². The summed E-state index contributed by atoms with van der Waals surface area (Å²) < 4.78 is 6.81. The third-order valence-electron chi connectivity index (χ3n) is 4.75. The van der Waals surface area contributed by atoms with E-state index in [1.54, 1.807) is 29.9 Å². The number of nitrogens with zero attached hydrogens (tertiary/aromatic N) is 4. The summed E-state index contributed by atoms with van der Waals surface area (Å²) in [7, 11) is 3.30. The summed E-state index contributed by atoms with van der Waals surface area (Å²) in [5.74, 6) is 1.27. The molecule has 3 aromatic heterocycles. The zero-order valence-electron chi connectivity index (χ0n) is 15.5. The minimum Gasteiger partial charge on any atom is -0.480 e. The number of nitrogens with one attached hydrogen (secondary N) is 3. The number of methoxy groups -OCH3 is 1. The van der Waals surface area contributed by atoms with Gasteiger partial charge in [-0.3, -0.25) is 4.79 Å². The minimum absolute atomic E-state index is 0.229. The molecule has 0 aromatic carbocycles. The predicted octanol–water partition coefficient (Wildman–Crippen LogP) is 1.17. The largest absolute Gasteiger partial charge is 0.480 e. The number of aliphatic hydroxyl groups is 1. The molecule has 10 heteroatoms. The Balaban J connectivity index is 1.69. The van der Waals surface area contributed by atoms with Crippen LogP contribution < -0.4 is 20.7 Å². The lowest BCUT2D eigenvalue weighted by Crippen LogP contribution is -2.50. The van der Waals surface area contributed by atoms with Crippen LogP contribution in [0.1, 0.15) is 23.2 Å². The quantitative estimate of drug-likeness (QED) is 0.500. The highest BCUT2D eigenvalue weighted by molar-refractivity contribution is 6.00. The van der Waals surface area contributed by atoms with Crippen molar-refractivity contribution in [2.24, 2.45) is 0 Å². The third kappa shape index (κ3) is 3.18. The molecule has 1 fully saturated rings. The molecule has 3 aromatic rings. The molecule has 3 heterocycles. The van der Waals surface area contributed by atoms with Gasteiger partial charge in [-0.1, -0.05) is 0 Å². The first-order valence-electron chi connectivity index (χ1n) is 8.92. The van der Waals surface area contributed by atoms with E-state index < -0.39 is 6.10 Å². The van der Waals surface area contributed by atoms with Crippen LogP contribution in [0.3, 0.4) is 0 Å². The molecule has 146 valence electrons. The second-order valence-corrected chi connectivity index (χ2v) is 6.48. The van der Waals surface area contributed by atoms with Crippen molar-refractivity contribution in [3.8, 4) is 5.88 Å². The number of aliphatic hydroxyl groups excluding tert-OH is 1. The van der Waals surface area contributed by atoms with E-state index in [2.05, 4.69) is 31.0 Å². The first kappa shape index (κ1) is 18.0. The van der Waals surface area contributed by atoms with Gasteiger partial charge in [0.05, 0.1) is 25.5 Å². The van der Waals surface area contributed by atoms with Crippen LogP contribution in [-0.2, 0) is 0 Å². The number of anilines is 3. The van der Waals surface area contributed by atoms with E-state index in [9.17, 15) is 9.90 Å². The van der Waals surface area contributed by atoms with E-state index in [1.807, 2.05) is 6.07 Å². The number of aromatic nitrogens is 4. The monoisotopic (exact) mass is 383 g/mol. The Morgan fingerprint density at radius 1 is 1.39 bits per heavy atom. The predicted molar refractivity (Wildman–Crippen MR) is 103 cm³/mol. The molecule has 0 spiro atoms. The average Bonchev–Trinajstić information content (AvgIpc) is 3.14. The minimum atomic E-state index is -0.498. The average molecular weight is 383 g/mol. The summed E-state index contributed by atoms with van der Waals surface area (Å²) in [4.78, 5) is 21.4. The summed E-state index contributed by atoms with van der Waals surface area (Å²) in [5, 5.41) is 23.0. The fourth-order valence-corrected chi connectivity index (χ4v) is 3.05. The van der Waals surface area contributed by atoms with Crippen molar-refractivity contribution in [3.05, 3.63) is 36.2 Å². The molecule has 4 rings (SSSR count). The molecule has 0 saturated heterocycles. The Bertz CT molecular complexity index is 1020. The van der Waals surface area contributed by atoms with Crippen molar-refractivity contribution >= 4 is 28.9 Å². The molecule has 1 amide bonds. The van der Waals surface area contributed by atoms with Crippen molar-refractivity contribution in [2.45, 2.75) is 25.0 Å². The van der Waals surface area contributed by atoms with Crippen molar-refractivity contribution in [1.82, 2.24) is 24.9 Å². The highest BCUT2D eigenvalue weighted by Gasteiger charge is 2.31. The highest BCUT2D eigenvalue weighted by atomic mass is 16.5. The van der Waals surface area contributed by atoms with Crippen LogP contribution in [0.25, 0.3) is 5.65 Å². The number of carbonyl (C=O) groups excluding carboxylic acids is 1. The van der Waals surface area contributed by atoms with E-state index in [-0.39, 0.29) is 11.9 Å². The van der Waals surface area contributed by atoms with Gasteiger partial charge < -0.3 is 25.8 Å². The fraction of sp³-hybridized carbons (Fsp3) is 0.333. The third-order valence-corrected chi connectivity index (χ3v) is 4.75. The molecular weight excluding hydrogens is 362 g/mol. The summed E-state index contributed by atoms with van der Waals surface area (Å²) in [6, 6.07) is 5.14. The fourth-order valence-electron chi connectivity index (χ4n) is 3.05. The van der Waals surface area contributed by atoms with Gasteiger partial charge in [-0.2, -0.15) is 9.61 Å². The van der Waals surface area contributed by atoms with Gasteiger partial charge in [0.2, 0.25) is 5.88 Å². The molecule has 2 atom stereocenters. The Labute approximate surface area is 161 Å². The number of pyridine rings is 1. The van der Waals surface area contributed by atoms with Crippen LogP contribution in [0, 0.1) is 0 Å². The van der Waals surface area contributed by atoms with Gasteiger partial charge in [-0.25, -0.2) is 9.97 Å². The van der Waals surface area contributed by atoms with Gasteiger partial charge in [0.1, 0.15) is 22.9 Å². The van der Waals surface area contributed by atoms with Gasteiger partial charge in [0.15, 0.2) is 5.65 Å². The SMILES string of the molecule is CNc1cc(Nc2cccnc2OC)nc2c(C(=O)N[C@@H]3CC[C@@H]3O)cnn12. The van der Waals surface area contributed by atoms with Crippen LogP contribution in [-0.4, -0.2) is 56.9 Å². The van der Waals surface area contributed by atoms with Crippen LogP contribution >= 0.6 is 0 Å². The van der Waals surface area contributed by atoms with Crippen LogP contribution in [0.2, 0.25) is 0 Å². The van der Waals surface area contributed by atoms with Crippen molar-refractivity contribution in [3.63, 3.8) is 0 Å². The van der Waals surface area contributed by atoms with E-state index in [0.29, 0.717) is 40.8 Å². The summed E-state index contributed by atoms with van der Waals surface area (Å²) in [6.45, 7) is 0. The number of rotatable bonds is 6. The molecule has 1 saturated carbocycles. The maximum Gasteiger partial charge on any atom is 0.257 e. The molecule has 1 aliphatic carbocycles. The lowest BCUT2D eigenvalue weighted by atomic mass is 9.89.